The lowest BCUT2D eigenvalue weighted by atomic mass is 9.97. The molecule has 3 heterocycles. The molecule has 0 atom stereocenters. The van der Waals surface area contributed by atoms with Crippen molar-refractivity contribution in [2.45, 2.75) is 51.4 Å². The number of benzene rings is 3. The Morgan fingerprint density at radius 3 is 2.67 bits per heavy atom. The number of para-hydroxylation sites is 1. The maximum absolute atomic E-state index is 13.5. The molecule has 6 rings (SSSR count). The summed E-state index contributed by atoms with van der Waals surface area (Å²) in [5.41, 5.74) is 2.55. The Morgan fingerprint density at radius 1 is 1.05 bits per heavy atom. The third-order valence-corrected chi connectivity index (χ3v) is 7.69. The molecule has 0 aliphatic carbocycles. The summed E-state index contributed by atoms with van der Waals surface area (Å²) in [4.78, 5) is 12.7. The van der Waals surface area contributed by atoms with Crippen LogP contribution in [0.2, 0.25) is 0 Å². The molecule has 0 radical (unpaired) electrons. The van der Waals surface area contributed by atoms with Gasteiger partial charge < -0.3 is 19.1 Å². The number of fused-ring (bicyclic) bond motifs is 3. The van der Waals surface area contributed by atoms with E-state index < -0.39 is 18.6 Å². The van der Waals surface area contributed by atoms with E-state index in [1.54, 1.807) is 16.7 Å². The fourth-order valence-electron chi connectivity index (χ4n) is 5.97. The smallest absolute Gasteiger partial charge is 0.394 e. The lowest BCUT2D eigenvalue weighted by Crippen LogP contribution is -2.13. The molecular formula is C32H30F3N3O4. The van der Waals surface area contributed by atoms with E-state index in [1.807, 2.05) is 48.5 Å². The summed E-state index contributed by atoms with van der Waals surface area (Å²) in [6.45, 7) is 1.25. The fraction of sp³-hybridized carbons (Fsp3) is 0.312. The van der Waals surface area contributed by atoms with Crippen molar-refractivity contribution >= 4 is 27.6 Å². The van der Waals surface area contributed by atoms with Gasteiger partial charge in [0.2, 0.25) is 0 Å². The van der Waals surface area contributed by atoms with E-state index in [2.05, 4.69) is 10.2 Å². The zero-order chi connectivity index (χ0) is 29.3. The van der Waals surface area contributed by atoms with E-state index in [-0.39, 0.29) is 18.0 Å². The average Bonchev–Trinajstić information content (AvgIpc) is 3.49. The highest BCUT2D eigenvalue weighted by Gasteiger charge is 2.33. The quantitative estimate of drug-likeness (QED) is 0.198. The predicted molar refractivity (Wildman–Crippen MR) is 153 cm³/mol. The Balaban J connectivity index is 1.40. The molecule has 0 amide bonds. The number of carbonyl (C=O) groups is 1. The second-order valence-corrected chi connectivity index (χ2v) is 10.5. The van der Waals surface area contributed by atoms with E-state index >= 15 is 0 Å². The zero-order valence-electron chi connectivity index (χ0n) is 22.8. The van der Waals surface area contributed by atoms with Crippen molar-refractivity contribution < 1.29 is 32.5 Å². The van der Waals surface area contributed by atoms with Crippen LogP contribution in [0.25, 0.3) is 32.8 Å². The van der Waals surface area contributed by atoms with Gasteiger partial charge in [-0.3, -0.25) is 5.10 Å². The third-order valence-electron chi connectivity index (χ3n) is 7.69. The van der Waals surface area contributed by atoms with Gasteiger partial charge in [0.05, 0.1) is 36.5 Å². The summed E-state index contributed by atoms with van der Waals surface area (Å²) < 4.78 is 54.3. The highest BCUT2D eigenvalue weighted by atomic mass is 19.4. The van der Waals surface area contributed by atoms with Gasteiger partial charge in [0, 0.05) is 35.1 Å². The van der Waals surface area contributed by atoms with Crippen LogP contribution < -0.4 is 4.74 Å². The van der Waals surface area contributed by atoms with Crippen LogP contribution in [0.4, 0.5) is 13.2 Å². The Hall–Kier alpha value is -4.31. The molecule has 5 aromatic rings. The largest absolute Gasteiger partial charge is 0.493 e. The van der Waals surface area contributed by atoms with Gasteiger partial charge in [0.15, 0.2) is 0 Å². The van der Waals surface area contributed by atoms with E-state index in [0.29, 0.717) is 78.7 Å². The maximum Gasteiger partial charge on any atom is 0.394 e. The number of nitrogens with zero attached hydrogens (tertiary/aromatic N) is 2. The van der Waals surface area contributed by atoms with Crippen molar-refractivity contribution in [3.05, 3.63) is 83.3 Å². The highest BCUT2D eigenvalue weighted by molar-refractivity contribution is 6.04. The summed E-state index contributed by atoms with van der Waals surface area (Å²) in [5.74, 6) is -0.311. The minimum absolute atomic E-state index is 0.0848. The molecule has 0 spiro atoms. The summed E-state index contributed by atoms with van der Waals surface area (Å²) in [6, 6.07) is 19.2. The molecule has 7 nitrogen and oxygen atoms in total. The van der Waals surface area contributed by atoms with E-state index in [9.17, 15) is 23.1 Å². The molecule has 0 unspecified atom stereocenters. The number of rotatable bonds is 7. The van der Waals surface area contributed by atoms with Gasteiger partial charge in [-0.1, -0.05) is 54.6 Å². The molecule has 42 heavy (non-hydrogen) atoms. The van der Waals surface area contributed by atoms with E-state index in [4.69, 9.17) is 9.47 Å². The number of ether oxygens (including phenoxy) is 2. The first-order valence-electron chi connectivity index (χ1n) is 14.0. The van der Waals surface area contributed by atoms with Crippen LogP contribution in [-0.4, -0.2) is 45.2 Å². The number of nitrogens with one attached hydrogen (secondary N) is 1. The molecule has 2 aromatic heterocycles. The number of H-pyrrole nitrogens is 1. The predicted octanol–water partition coefficient (Wildman–Crippen LogP) is 7.31. The van der Waals surface area contributed by atoms with Gasteiger partial charge in [-0.2, -0.15) is 18.3 Å². The van der Waals surface area contributed by atoms with Crippen LogP contribution >= 0.6 is 0 Å². The minimum atomic E-state index is -4.46. The Bertz CT molecular complexity index is 1750. The number of hydrogen-bond donors (Lipinski definition) is 2. The molecule has 0 saturated carbocycles. The molecule has 0 bridgehead atoms. The van der Waals surface area contributed by atoms with Crippen molar-refractivity contribution in [1.29, 1.82) is 0 Å². The topological polar surface area (TPSA) is 89.4 Å². The fourth-order valence-corrected chi connectivity index (χ4v) is 5.97. The molecule has 0 saturated heterocycles. The second-order valence-electron chi connectivity index (χ2n) is 10.5. The Kier molecular flexibility index (Phi) is 7.64. The molecule has 0 fully saturated rings. The van der Waals surface area contributed by atoms with Crippen molar-refractivity contribution in [2.24, 2.45) is 0 Å². The van der Waals surface area contributed by atoms with Crippen LogP contribution in [0, 0.1) is 0 Å². The highest BCUT2D eigenvalue weighted by Crippen LogP contribution is 2.40. The summed E-state index contributed by atoms with van der Waals surface area (Å²) in [6.07, 6.45) is -3.36. The first-order chi connectivity index (χ1) is 20.3. The Morgan fingerprint density at radius 2 is 1.83 bits per heavy atom. The van der Waals surface area contributed by atoms with Crippen molar-refractivity contribution in [1.82, 2.24) is 14.8 Å². The van der Waals surface area contributed by atoms with Crippen LogP contribution in [0.15, 0.2) is 60.7 Å². The number of hydrogen-bond acceptors (Lipinski definition) is 4. The van der Waals surface area contributed by atoms with Gasteiger partial charge in [-0.15, -0.1) is 0 Å². The van der Waals surface area contributed by atoms with E-state index in [0.717, 1.165) is 16.5 Å². The first kappa shape index (κ1) is 27.8. The van der Waals surface area contributed by atoms with Gasteiger partial charge >= 0.3 is 12.1 Å². The van der Waals surface area contributed by atoms with Gasteiger partial charge in [-0.05, 0) is 42.7 Å². The van der Waals surface area contributed by atoms with Gasteiger partial charge in [-0.25, -0.2) is 4.79 Å². The minimum Gasteiger partial charge on any atom is -0.493 e. The molecule has 1 aliphatic heterocycles. The van der Waals surface area contributed by atoms with Gasteiger partial charge in [0.1, 0.15) is 11.4 Å². The number of aromatic amines is 1. The zero-order valence-corrected chi connectivity index (χ0v) is 22.8. The summed E-state index contributed by atoms with van der Waals surface area (Å²) in [7, 11) is 0. The lowest BCUT2D eigenvalue weighted by Gasteiger charge is -2.13. The Labute approximate surface area is 239 Å². The number of alkyl halides is 3. The van der Waals surface area contributed by atoms with Crippen molar-refractivity contribution in [3.8, 4) is 16.9 Å². The number of aryl methyl sites for hydroxylation is 2. The van der Waals surface area contributed by atoms with Crippen LogP contribution in [0.5, 0.6) is 5.75 Å². The number of aromatic nitrogens is 3. The van der Waals surface area contributed by atoms with Crippen molar-refractivity contribution in [2.75, 3.05) is 13.2 Å². The van der Waals surface area contributed by atoms with Crippen LogP contribution in [0.3, 0.4) is 0 Å². The van der Waals surface area contributed by atoms with E-state index in [1.165, 1.54) is 0 Å². The molecule has 218 valence electrons. The summed E-state index contributed by atoms with van der Waals surface area (Å²) >= 11 is 0. The molecule has 1 aliphatic rings. The van der Waals surface area contributed by atoms with Gasteiger partial charge in [0.25, 0.3) is 0 Å². The maximum atomic E-state index is 13.5. The number of carboxylic acid groups (broad SMARTS) is 1. The number of aromatic carboxylic acids is 1. The van der Waals surface area contributed by atoms with Crippen LogP contribution in [0.1, 0.15) is 46.7 Å². The first-order valence-corrected chi connectivity index (χ1v) is 14.0. The lowest BCUT2D eigenvalue weighted by molar-refractivity contribution is -0.127. The number of halogens is 3. The molecule has 10 heteroatoms. The second kappa shape index (κ2) is 11.5. The monoisotopic (exact) mass is 577 g/mol. The molecule has 2 N–H and O–H groups in total. The van der Waals surface area contributed by atoms with Crippen LogP contribution in [-0.2, 0) is 30.7 Å². The molecule has 3 aromatic carbocycles. The average molecular weight is 578 g/mol. The summed E-state index contributed by atoms with van der Waals surface area (Å²) in [5, 5.41) is 20.0. The standard InChI is InChI=1S/C32H30F3N3O4/c33-32(34,35)18-25-28-24-12-6-11-22-23(13-7-17-42-27-14-5-9-20-8-1-2-10-21(20)27)30(31(39)40)38(29(22)24)15-3-4-16-41-19-26(28)37-36-25/h1-2,5-6,8-12,14H,3-4,7,13,15-19H2,(H,36,37)(H,39,40). The third kappa shape index (κ3) is 5.46. The normalized spacial score (nSPS) is 14.1. The SMILES string of the molecule is O=C(O)c1c(CCCOc2cccc3ccccc23)c2cccc3c2n1CCCCOCc1[nH]nc(CC(F)(F)F)c1-3. The van der Waals surface area contributed by atoms with Crippen molar-refractivity contribution in [3.63, 3.8) is 0 Å². The number of carboxylic acids is 1. The molecular weight excluding hydrogens is 547 g/mol.